The minimum absolute atomic E-state index is 0.0919. The average molecular weight is 506 g/mol. The Hall–Kier alpha value is -2.82. The molecule has 1 aliphatic heterocycles. The predicted molar refractivity (Wildman–Crippen MR) is 135 cm³/mol. The third-order valence-corrected chi connectivity index (χ3v) is 6.68. The Balaban J connectivity index is 1.94. The molecule has 0 bridgehead atoms. The zero-order valence-corrected chi connectivity index (χ0v) is 21.7. The van der Waals surface area contributed by atoms with Crippen molar-refractivity contribution < 1.29 is 27.8 Å². The molecule has 0 spiro atoms. The van der Waals surface area contributed by atoms with Crippen LogP contribution in [0.25, 0.3) is 0 Å². The maximum atomic E-state index is 13.4. The number of nitrogens with zero attached hydrogens (tertiary/aromatic N) is 2. The van der Waals surface area contributed by atoms with Crippen LogP contribution < -0.4 is 14.2 Å². The molecule has 3 rings (SSSR count). The van der Waals surface area contributed by atoms with Crippen LogP contribution in [-0.4, -0.2) is 81.5 Å². The second-order valence-electron chi connectivity index (χ2n) is 9.22. The number of likely N-dealkylation sites (N-methyl/N-ethyl adjacent to an activating group) is 1. The maximum absolute atomic E-state index is 13.4. The molecule has 0 unspecified atom stereocenters. The highest BCUT2D eigenvalue weighted by Gasteiger charge is 2.34. The highest BCUT2D eigenvalue weighted by Crippen LogP contribution is 2.35. The molecule has 1 amide bonds. The number of aliphatic hydroxyl groups excluding tert-OH is 1. The van der Waals surface area contributed by atoms with E-state index in [-0.39, 0.29) is 41.5 Å². The van der Waals surface area contributed by atoms with Gasteiger partial charge in [0.25, 0.3) is 5.91 Å². The van der Waals surface area contributed by atoms with Crippen LogP contribution in [0.15, 0.2) is 42.5 Å². The molecule has 0 saturated heterocycles. The number of amides is 1. The van der Waals surface area contributed by atoms with Gasteiger partial charge in [-0.3, -0.25) is 14.4 Å². The molecule has 192 valence electrons. The lowest BCUT2D eigenvalue weighted by atomic mass is 9.99. The van der Waals surface area contributed by atoms with E-state index in [0.717, 1.165) is 17.6 Å². The molecule has 3 atom stereocenters. The number of benzene rings is 2. The highest BCUT2D eigenvalue weighted by atomic mass is 32.2. The number of para-hydroxylation sites is 1. The fourth-order valence-electron chi connectivity index (χ4n) is 4.16. The summed E-state index contributed by atoms with van der Waals surface area (Å²) < 4.78 is 38.1. The Bertz CT molecular complexity index is 1120. The summed E-state index contributed by atoms with van der Waals surface area (Å²) in [4.78, 5) is 17.2. The number of carbonyl (C=O) groups is 1. The molecule has 1 aliphatic rings. The number of nitrogens with one attached hydrogen (secondary N) is 1. The van der Waals surface area contributed by atoms with Crippen LogP contribution in [0.4, 0.5) is 5.69 Å². The van der Waals surface area contributed by atoms with Crippen LogP contribution in [0, 0.1) is 5.92 Å². The van der Waals surface area contributed by atoms with Gasteiger partial charge in [0.2, 0.25) is 10.0 Å². The summed E-state index contributed by atoms with van der Waals surface area (Å²) >= 11 is 0. The molecule has 0 aromatic heterocycles. The number of hydrogen-bond donors (Lipinski definition) is 2. The van der Waals surface area contributed by atoms with Gasteiger partial charge in [-0.25, -0.2) is 8.42 Å². The Kier molecular flexibility index (Phi) is 8.63. The number of aliphatic hydroxyl groups is 1. The van der Waals surface area contributed by atoms with Crippen molar-refractivity contribution in [3.8, 4) is 11.5 Å². The molecule has 10 heteroatoms. The van der Waals surface area contributed by atoms with E-state index in [9.17, 15) is 18.3 Å². The SMILES string of the molecule is COc1ccc(CN(C)C[C@@H]2Oc3c(NS(C)(=O)=O)cccc3C(=O)N([C@@H](C)CO)C[C@H]2C)cc1. The van der Waals surface area contributed by atoms with Crippen LogP contribution in [0.1, 0.15) is 29.8 Å². The van der Waals surface area contributed by atoms with Gasteiger partial charge in [0, 0.05) is 25.6 Å². The van der Waals surface area contributed by atoms with Crippen molar-refractivity contribution in [2.24, 2.45) is 5.92 Å². The van der Waals surface area contributed by atoms with Crippen LogP contribution in [0.2, 0.25) is 0 Å². The summed E-state index contributed by atoms with van der Waals surface area (Å²) in [5.41, 5.74) is 1.58. The lowest BCUT2D eigenvalue weighted by Gasteiger charge is -2.38. The molecule has 35 heavy (non-hydrogen) atoms. The number of rotatable bonds is 9. The molecule has 2 N–H and O–H groups in total. The Labute approximate surface area is 207 Å². The lowest BCUT2D eigenvalue weighted by molar-refractivity contribution is 0.0344. The first-order valence-corrected chi connectivity index (χ1v) is 13.4. The van der Waals surface area contributed by atoms with Crippen LogP contribution in [0.5, 0.6) is 11.5 Å². The van der Waals surface area contributed by atoms with E-state index in [2.05, 4.69) is 9.62 Å². The van der Waals surface area contributed by atoms with E-state index in [1.165, 1.54) is 0 Å². The number of anilines is 1. The Morgan fingerprint density at radius 1 is 1.26 bits per heavy atom. The quantitative estimate of drug-likeness (QED) is 0.539. The second kappa shape index (κ2) is 11.3. The monoisotopic (exact) mass is 505 g/mol. The summed E-state index contributed by atoms with van der Waals surface area (Å²) in [6.45, 7) is 5.20. The fraction of sp³-hybridized carbons (Fsp3) is 0.480. The van der Waals surface area contributed by atoms with E-state index in [1.54, 1.807) is 37.1 Å². The zero-order valence-electron chi connectivity index (χ0n) is 20.9. The van der Waals surface area contributed by atoms with E-state index < -0.39 is 16.1 Å². The van der Waals surface area contributed by atoms with Gasteiger partial charge < -0.3 is 19.5 Å². The fourth-order valence-corrected chi connectivity index (χ4v) is 4.72. The molecule has 2 aromatic carbocycles. The summed E-state index contributed by atoms with van der Waals surface area (Å²) in [6.07, 6.45) is 0.709. The minimum Gasteiger partial charge on any atom is -0.497 e. The second-order valence-corrected chi connectivity index (χ2v) is 11.0. The third kappa shape index (κ3) is 6.87. The van der Waals surface area contributed by atoms with Gasteiger partial charge in [-0.15, -0.1) is 0 Å². The van der Waals surface area contributed by atoms with E-state index in [1.807, 2.05) is 38.2 Å². The maximum Gasteiger partial charge on any atom is 0.258 e. The number of methoxy groups -OCH3 is 1. The first-order valence-electron chi connectivity index (χ1n) is 11.5. The minimum atomic E-state index is -3.60. The summed E-state index contributed by atoms with van der Waals surface area (Å²) in [7, 11) is 0.0161. The molecule has 0 fully saturated rings. The summed E-state index contributed by atoms with van der Waals surface area (Å²) in [5, 5.41) is 9.79. The van der Waals surface area contributed by atoms with Gasteiger partial charge in [0.15, 0.2) is 5.75 Å². The van der Waals surface area contributed by atoms with Gasteiger partial charge in [-0.1, -0.05) is 25.1 Å². The van der Waals surface area contributed by atoms with Crippen molar-refractivity contribution in [1.82, 2.24) is 9.80 Å². The molecule has 9 nitrogen and oxygen atoms in total. The first kappa shape index (κ1) is 26.8. The van der Waals surface area contributed by atoms with E-state index in [4.69, 9.17) is 9.47 Å². The number of ether oxygens (including phenoxy) is 2. The van der Waals surface area contributed by atoms with Crippen molar-refractivity contribution in [2.45, 2.75) is 32.5 Å². The Morgan fingerprint density at radius 2 is 1.94 bits per heavy atom. The van der Waals surface area contributed by atoms with Crippen molar-refractivity contribution in [3.05, 3.63) is 53.6 Å². The van der Waals surface area contributed by atoms with Crippen LogP contribution >= 0.6 is 0 Å². The zero-order chi connectivity index (χ0) is 25.8. The van der Waals surface area contributed by atoms with Crippen molar-refractivity contribution in [3.63, 3.8) is 0 Å². The number of fused-ring (bicyclic) bond motifs is 1. The standard InChI is InChI=1S/C25H35N3O6S/c1-17-13-28(18(2)16-29)25(30)21-7-6-8-22(26-35(5,31)32)24(21)34-23(17)15-27(3)14-19-9-11-20(33-4)12-10-19/h6-12,17-18,23,26,29H,13-16H2,1-5H3/t17-,18+,23+/m1/s1. The third-order valence-electron chi connectivity index (χ3n) is 6.09. The predicted octanol–water partition coefficient (Wildman–Crippen LogP) is 2.42. The van der Waals surface area contributed by atoms with Gasteiger partial charge in [0.05, 0.1) is 37.3 Å². The van der Waals surface area contributed by atoms with Crippen molar-refractivity contribution in [2.75, 3.05) is 44.8 Å². The van der Waals surface area contributed by atoms with Crippen LogP contribution in [-0.2, 0) is 16.6 Å². The van der Waals surface area contributed by atoms with Crippen molar-refractivity contribution in [1.29, 1.82) is 0 Å². The molecular weight excluding hydrogens is 470 g/mol. The molecule has 0 saturated carbocycles. The molecule has 0 radical (unpaired) electrons. The number of sulfonamides is 1. The summed E-state index contributed by atoms with van der Waals surface area (Å²) in [5.74, 6) is 0.590. The normalized spacial score (nSPS) is 19.4. The molecule has 1 heterocycles. The topological polar surface area (TPSA) is 108 Å². The molecule has 2 aromatic rings. The van der Waals surface area contributed by atoms with Gasteiger partial charge in [-0.2, -0.15) is 0 Å². The lowest BCUT2D eigenvalue weighted by Crippen LogP contribution is -2.49. The first-order chi connectivity index (χ1) is 16.5. The van der Waals surface area contributed by atoms with Gasteiger partial charge in [-0.05, 0) is 43.8 Å². The van der Waals surface area contributed by atoms with Gasteiger partial charge >= 0.3 is 0 Å². The largest absolute Gasteiger partial charge is 0.497 e. The van der Waals surface area contributed by atoms with Gasteiger partial charge in [0.1, 0.15) is 11.9 Å². The van der Waals surface area contributed by atoms with E-state index >= 15 is 0 Å². The Morgan fingerprint density at radius 3 is 2.54 bits per heavy atom. The molecular formula is C25H35N3O6S. The van der Waals surface area contributed by atoms with Crippen LogP contribution in [0.3, 0.4) is 0 Å². The van der Waals surface area contributed by atoms with E-state index in [0.29, 0.717) is 19.6 Å². The van der Waals surface area contributed by atoms with Crippen molar-refractivity contribution >= 4 is 21.6 Å². The smallest absolute Gasteiger partial charge is 0.258 e. The number of hydrogen-bond acceptors (Lipinski definition) is 7. The summed E-state index contributed by atoms with van der Waals surface area (Å²) in [6, 6.07) is 12.3. The average Bonchev–Trinajstić information content (AvgIpc) is 2.80. The highest BCUT2D eigenvalue weighted by molar-refractivity contribution is 7.92. The number of carbonyl (C=O) groups excluding carboxylic acids is 1. The molecule has 0 aliphatic carbocycles.